The van der Waals surface area contributed by atoms with Gasteiger partial charge >= 0.3 is 6.03 Å². The Hall–Kier alpha value is -4.12. The number of fused-ring (bicyclic) bond motifs is 1. The van der Waals surface area contributed by atoms with E-state index in [0.29, 0.717) is 35.5 Å². The van der Waals surface area contributed by atoms with Crippen LogP contribution in [0.15, 0.2) is 36.4 Å². The van der Waals surface area contributed by atoms with E-state index in [0.717, 1.165) is 22.6 Å². The third kappa shape index (κ3) is 5.21. The van der Waals surface area contributed by atoms with Crippen LogP contribution in [0.25, 0.3) is 11.3 Å². The molecule has 0 bridgehead atoms. The van der Waals surface area contributed by atoms with Crippen LogP contribution in [0.2, 0.25) is 0 Å². The van der Waals surface area contributed by atoms with Crippen LogP contribution in [0, 0.1) is 18.6 Å². The predicted octanol–water partition coefficient (Wildman–Crippen LogP) is 3.77. The molecule has 0 saturated carbocycles. The van der Waals surface area contributed by atoms with Gasteiger partial charge in [0.15, 0.2) is 5.82 Å². The van der Waals surface area contributed by atoms with E-state index in [1.54, 1.807) is 32.3 Å². The summed E-state index contributed by atoms with van der Waals surface area (Å²) in [6.07, 6.45) is 0. The molecule has 4 rings (SSSR count). The Bertz CT molecular complexity index is 1340. The molecule has 11 heteroatoms. The molecule has 2 N–H and O–H groups in total. The number of likely N-dealkylation sites (N-methyl/N-ethyl adjacent to an activating group) is 1. The number of carbonyl (C=O) groups excluding carboxylic acids is 2. The molecule has 0 atom stereocenters. The number of amides is 3. The van der Waals surface area contributed by atoms with Gasteiger partial charge in [-0.2, -0.15) is 4.98 Å². The van der Waals surface area contributed by atoms with E-state index in [-0.39, 0.29) is 24.2 Å². The van der Waals surface area contributed by atoms with Gasteiger partial charge in [0.2, 0.25) is 5.95 Å². The Balaban J connectivity index is 1.90. The lowest BCUT2D eigenvalue weighted by Gasteiger charge is -2.31. The maximum Gasteiger partial charge on any atom is 0.328 e. The van der Waals surface area contributed by atoms with Crippen molar-refractivity contribution in [2.75, 3.05) is 51.5 Å². The molecule has 3 amide bonds. The van der Waals surface area contributed by atoms with Crippen molar-refractivity contribution in [3.63, 3.8) is 0 Å². The second-order valence-electron chi connectivity index (χ2n) is 9.22. The Morgan fingerprint density at radius 2 is 1.81 bits per heavy atom. The molecule has 37 heavy (non-hydrogen) atoms. The maximum atomic E-state index is 14.8. The highest BCUT2D eigenvalue weighted by Gasteiger charge is 2.34. The SMILES string of the molecule is Cc1cc(C(=O)N(C)C)ccc1-c1nc(NCCN(C)C)nc2c1CNC(=O)N2c1c(F)cccc1F. The highest BCUT2D eigenvalue weighted by atomic mass is 19.1. The number of urea groups is 1. The summed E-state index contributed by atoms with van der Waals surface area (Å²) >= 11 is 0. The van der Waals surface area contributed by atoms with E-state index in [4.69, 9.17) is 4.98 Å². The Morgan fingerprint density at radius 1 is 1.11 bits per heavy atom. The van der Waals surface area contributed by atoms with Gasteiger partial charge in [-0.05, 0) is 50.8 Å². The first-order valence-corrected chi connectivity index (χ1v) is 11.7. The zero-order valence-corrected chi connectivity index (χ0v) is 21.4. The number of hydrogen-bond acceptors (Lipinski definition) is 6. The highest BCUT2D eigenvalue weighted by Crippen LogP contribution is 2.39. The van der Waals surface area contributed by atoms with E-state index in [1.165, 1.54) is 11.0 Å². The van der Waals surface area contributed by atoms with Gasteiger partial charge in [0.05, 0.1) is 12.2 Å². The fraction of sp³-hybridized carbons (Fsp3) is 0.308. The maximum absolute atomic E-state index is 14.8. The molecule has 2 heterocycles. The zero-order chi connectivity index (χ0) is 26.9. The number of aromatic nitrogens is 2. The average Bonchev–Trinajstić information content (AvgIpc) is 2.84. The fourth-order valence-corrected chi connectivity index (χ4v) is 4.08. The number of benzene rings is 2. The first-order valence-electron chi connectivity index (χ1n) is 11.7. The molecule has 1 aliphatic heterocycles. The van der Waals surface area contributed by atoms with Crippen molar-refractivity contribution < 1.29 is 18.4 Å². The largest absolute Gasteiger partial charge is 0.353 e. The predicted molar refractivity (Wildman–Crippen MR) is 138 cm³/mol. The van der Waals surface area contributed by atoms with E-state index < -0.39 is 23.4 Å². The summed E-state index contributed by atoms with van der Waals surface area (Å²) < 4.78 is 29.6. The minimum Gasteiger partial charge on any atom is -0.353 e. The summed E-state index contributed by atoms with van der Waals surface area (Å²) in [5, 5.41) is 5.82. The smallest absolute Gasteiger partial charge is 0.328 e. The van der Waals surface area contributed by atoms with Gasteiger partial charge in [-0.15, -0.1) is 0 Å². The van der Waals surface area contributed by atoms with Crippen LogP contribution in [0.3, 0.4) is 0 Å². The Morgan fingerprint density at radius 3 is 2.43 bits per heavy atom. The lowest BCUT2D eigenvalue weighted by Crippen LogP contribution is -2.43. The number of para-hydroxylation sites is 1. The molecule has 194 valence electrons. The molecule has 1 aromatic heterocycles. The third-order valence-corrected chi connectivity index (χ3v) is 5.95. The highest BCUT2D eigenvalue weighted by molar-refractivity contribution is 6.02. The van der Waals surface area contributed by atoms with Crippen molar-refractivity contribution in [2.45, 2.75) is 13.5 Å². The van der Waals surface area contributed by atoms with Crippen LogP contribution in [0.4, 0.5) is 31.0 Å². The van der Waals surface area contributed by atoms with Crippen molar-refractivity contribution in [1.29, 1.82) is 0 Å². The molecule has 3 aromatic rings. The average molecular weight is 510 g/mol. The van der Waals surface area contributed by atoms with Gasteiger partial charge in [-0.3, -0.25) is 4.79 Å². The molecule has 0 fully saturated rings. The van der Waals surface area contributed by atoms with E-state index in [9.17, 15) is 18.4 Å². The standard InChI is InChI=1S/C26H29F2N7O2/c1-15-13-16(24(36)34(4)5)9-10-17(15)21-18-14-30-26(37)35(22-19(27)7-6-8-20(22)28)23(18)32-25(31-21)29-11-12-33(2)3/h6-10,13H,11-12,14H2,1-5H3,(H,30,37)(H,29,31,32). The zero-order valence-electron chi connectivity index (χ0n) is 21.4. The van der Waals surface area contributed by atoms with Gasteiger partial charge in [-0.25, -0.2) is 23.5 Å². The first kappa shape index (κ1) is 26.0. The number of nitrogens with one attached hydrogen (secondary N) is 2. The summed E-state index contributed by atoms with van der Waals surface area (Å²) in [6, 6.07) is 7.95. The minimum atomic E-state index is -0.895. The van der Waals surface area contributed by atoms with Gasteiger partial charge in [0.1, 0.15) is 17.3 Å². The van der Waals surface area contributed by atoms with Crippen LogP contribution in [-0.4, -0.2) is 73.0 Å². The molecule has 0 unspecified atom stereocenters. The van der Waals surface area contributed by atoms with E-state index in [1.807, 2.05) is 25.9 Å². The number of carbonyl (C=O) groups is 2. The van der Waals surface area contributed by atoms with Crippen molar-refractivity contribution in [3.8, 4) is 11.3 Å². The summed E-state index contributed by atoms with van der Waals surface area (Å²) in [6.45, 7) is 3.10. The molecular formula is C26H29F2N7O2. The van der Waals surface area contributed by atoms with Crippen molar-refractivity contribution in [3.05, 3.63) is 64.7 Å². The fourth-order valence-electron chi connectivity index (χ4n) is 4.08. The Kier molecular flexibility index (Phi) is 7.35. The molecule has 0 aliphatic carbocycles. The molecule has 2 aromatic carbocycles. The van der Waals surface area contributed by atoms with Crippen LogP contribution in [0.5, 0.6) is 0 Å². The summed E-state index contributed by atoms with van der Waals surface area (Å²) in [5.74, 6) is -1.64. The molecule has 0 saturated heterocycles. The first-order chi connectivity index (χ1) is 17.6. The van der Waals surface area contributed by atoms with Crippen molar-refractivity contribution in [1.82, 2.24) is 25.1 Å². The quantitative estimate of drug-likeness (QED) is 0.504. The Labute approximate surface area is 214 Å². The van der Waals surface area contributed by atoms with Crippen LogP contribution >= 0.6 is 0 Å². The molecule has 0 radical (unpaired) electrons. The molecule has 1 aliphatic rings. The van der Waals surface area contributed by atoms with E-state index in [2.05, 4.69) is 15.6 Å². The van der Waals surface area contributed by atoms with Gasteiger partial charge in [0.25, 0.3) is 5.91 Å². The van der Waals surface area contributed by atoms with Crippen molar-refractivity contribution in [2.24, 2.45) is 0 Å². The lowest BCUT2D eigenvalue weighted by molar-refractivity contribution is 0.0827. The van der Waals surface area contributed by atoms with E-state index >= 15 is 0 Å². The normalized spacial score (nSPS) is 12.9. The molecule has 0 spiro atoms. The van der Waals surface area contributed by atoms with Crippen LogP contribution in [0.1, 0.15) is 21.5 Å². The van der Waals surface area contributed by atoms with Gasteiger partial charge in [0, 0.05) is 43.9 Å². The number of nitrogens with zero attached hydrogens (tertiary/aromatic N) is 5. The van der Waals surface area contributed by atoms with Crippen LogP contribution in [-0.2, 0) is 6.54 Å². The van der Waals surface area contributed by atoms with Crippen LogP contribution < -0.4 is 15.5 Å². The number of aryl methyl sites for hydroxylation is 1. The minimum absolute atomic E-state index is 0.0614. The van der Waals surface area contributed by atoms with Crippen molar-refractivity contribution >= 4 is 29.4 Å². The molecular weight excluding hydrogens is 480 g/mol. The second kappa shape index (κ2) is 10.5. The summed E-state index contributed by atoms with van der Waals surface area (Å²) in [7, 11) is 7.20. The number of hydrogen-bond donors (Lipinski definition) is 2. The van der Waals surface area contributed by atoms with Gasteiger partial charge < -0.3 is 20.4 Å². The number of halogens is 2. The monoisotopic (exact) mass is 509 g/mol. The second-order valence-corrected chi connectivity index (χ2v) is 9.22. The topological polar surface area (TPSA) is 93.7 Å². The lowest BCUT2D eigenvalue weighted by atomic mass is 9.98. The number of rotatable bonds is 7. The summed E-state index contributed by atoms with van der Waals surface area (Å²) in [5.41, 5.74) is 2.45. The van der Waals surface area contributed by atoms with Gasteiger partial charge in [-0.1, -0.05) is 12.1 Å². The third-order valence-electron chi connectivity index (χ3n) is 5.95. The summed E-state index contributed by atoms with van der Waals surface area (Å²) in [4.78, 5) is 39.0. The number of anilines is 3. The molecule has 9 nitrogen and oxygen atoms in total.